The van der Waals surface area contributed by atoms with Gasteiger partial charge in [-0.2, -0.15) is 0 Å². The molecule has 0 radical (unpaired) electrons. The summed E-state index contributed by atoms with van der Waals surface area (Å²) in [7, 11) is 0. The monoisotopic (exact) mass is 325 g/mol. The van der Waals surface area contributed by atoms with Crippen LogP contribution < -0.4 is 4.90 Å². The van der Waals surface area contributed by atoms with E-state index in [9.17, 15) is 18.9 Å². The second-order valence-corrected chi connectivity index (χ2v) is 4.23. The summed E-state index contributed by atoms with van der Waals surface area (Å²) in [5.41, 5.74) is -0.390. The Bertz CT molecular complexity index is 434. The number of nitro groups is 1. The fraction of sp³-hybridized carbons (Fsp3) is 0.444. The molecule has 0 spiro atoms. The van der Waals surface area contributed by atoms with Crippen LogP contribution in [-0.2, 0) is 0 Å². The van der Waals surface area contributed by atoms with Crippen LogP contribution in [0.15, 0.2) is 16.7 Å². The number of aliphatic hydroxyl groups excluding tert-OH is 1. The van der Waals surface area contributed by atoms with Gasteiger partial charge in [-0.05, 0) is 15.9 Å². The zero-order valence-corrected chi connectivity index (χ0v) is 10.7. The Kier molecular flexibility index (Phi) is 5.35. The normalized spacial score (nSPS) is 10.7. The lowest BCUT2D eigenvalue weighted by Gasteiger charge is -2.21. The van der Waals surface area contributed by atoms with Crippen molar-refractivity contribution in [2.45, 2.75) is 6.43 Å². The fourth-order valence-corrected chi connectivity index (χ4v) is 1.69. The number of anilines is 1. The van der Waals surface area contributed by atoms with Gasteiger partial charge in [-0.25, -0.2) is 13.8 Å². The van der Waals surface area contributed by atoms with Crippen LogP contribution in [0.3, 0.4) is 0 Å². The zero-order chi connectivity index (χ0) is 13.7. The highest BCUT2D eigenvalue weighted by atomic mass is 79.9. The van der Waals surface area contributed by atoms with Gasteiger partial charge in [0, 0.05) is 23.3 Å². The highest BCUT2D eigenvalue weighted by molar-refractivity contribution is 9.10. The number of aliphatic hydroxyl groups is 1. The molecule has 0 amide bonds. The van der Waals surface area contributed by atoms with E-state index in [4.69, 9.17) is 5.11 Å². The fourth-order valence-electron chi connectivity index (χ4n) is 1.37. The first kappa shape index (κ1) is 14.7. The summed E-state index contributed by atoms with van der Waals surface area (Å²) >= 11 is 3.02. The molecule has 1 N–H and O–H groups in total. The van der Waals surface area contributed by atoms with Gasteiger partial charge >= 0.3 is 5.69 Å². The lowest BCUT2D eigenvalue weighted by Crippen LogP contribution is -2.32. The van der Waals surface area contributed by atoms with Crippen LogP contribution in [0.25, 0.3) is 0 Å². The lowest BCUT2D eigenvalue weighted by molar-refractivity contribution is -0.384. The van der Waals surface area contributed by atoms with E-state index in [0.29, 0.717) is 4.47 Å². The Balaban J connectivity index is 3.13. The number of hydrogen-bond donors (Lipinski definition) is 1. The molecule has 0 aliphatic rings. The molecule has 0 unspecified atom stereocenters. The highest BCUT2D eigenvalue weighted by Gasteiger charge is 2.23. The van der Waals surface area contributed by atoms with Crippen molar-refractivity contribution in [2.24, 2.45) is 0 Å². The van der Waals surface area contributed by atoms with Crippen molar-refractivity contribution < 1.29 is 18.8 Å². The van der Waals surface area contributed by atoms with E-state index in [1.165, 1.54) is 12.3 Å². The number of nitrogens with zero attached hydrogens (tertiary/aromatic N) is 3. The average Bonchev–Trinajstić information content (AvgIpc) is 2.27. The standard InChI is InChI=1S/C9H10BrF2N3O3/c10-6-3-7(15(17)18)9(13-4-6)14(1-2-16)5-8(11)12/h3-4,8,16H,1-2,5H2. The summed E-state index contributed by atoms with van der Waals surface area (Å²) in [6.45, 7) is -1.28. The van der Waals surface area contributed by atoms with E-state index in [0.717, 1.165) is 4.90 Å². The molecule has 18 heavy (non-hydrogen) atoms. The number of rotatable bonds is 6. The maximum absolute atomic E-state index is 12.4. The van der Waals surface area contributed by atoms with Crippen molar-refractivity contribution in [3.05, 3.63) is 26.9 Å². The Morgan fingerprint density at radius 1 is 1.61 bits per heavy atom. The third kappa shape index (κ3) is 3.84. The molecule has 0 aliphatic heterocycles. The maximum atomic E-state index is 12.4. The van der Waals surface area contributed by atoms with Gasteiger partial charge in [-0.1, -0.05) is 0 Å². The van der Waals surface area contributed by atoms with Crippen LogP contribution in [0.1, 0.15) is 0 Å². The molecule has 9 heteroatoms. The summed E-state index contributed by atoms with van der Waals surface area (Å²) in [6, 6.07) is 1.18. The number of alkyl halides is 2. The third-order valence-electron chi connectivity index (χ3n) is 2.04. The van der Waals surface area contributed by atoms with Gasteiger partial charge in [0.25, 0.3) is 6.43 Å². The van der Waals surface area contributed by atoms with Crippen molar-refractivity contribution in [1.29, 1.82) is 0 Å². The van der Waals surface area contributed by atoms with E-state index in [1.807, 2.05) is 0 Å². The first-order chi connectivity index (χ1) is 8.45. The summed E-state index contributed by atoms with van der Waals surface area (Å²) in [5.74, 6) is -0.183. The Morgan fingerprint density at radius 3 is 2.78 bits per heavy atom. The van der Waals surface area contributed by atoms with Crippen molar-refractivity contribution in [2.75, 3.05) is 24.6 Å². The van der Waals surface area contributed by atoms with E-state index in [-0.39, 0.29) is 12.4 Å². The molecule has 0 aliphatic carbocycles. The van der Waals surface area contributed by atoms with Crippen molar-refractivity contribution in [3.8, 4) is 0 Å². The average molecular weight is 326 g/mol. The van der Waals surface area contributed by atoms with Crippen molar-refractivity contribution in [1.82, 2.24) is 4.98 Å². The second-order valence-electron chi connectivity index (χ2n) is 3.31. The van der Waals surface area contributed by atoms with Crippen molar-refractivity contribution in [3.63, 3.8) is 0 Å². The van der Waals surface area contributed by atoms with Crippen LogP contribution in [-0.4, -0.2) is 41.1 Å². The molecule has 0 aromatic carbocycles. The minimum absolute atomic E-state index is 0.153. The molecule has 100 valence electrons. The van der Waals surface area contributed by atoms with Gasteiger partial charge in [-0.15, -0.1) is 0 Å². The molecular weight excluding hydrogens is 316 g/mol. The predicted octanol–water partition coefficient (Wildman–Crippen LogP) is 1.82. The van der Waals surface area contributed by atoms with Gasteiger partial charge in [-0.3, -0.25) is 10.1 Å². The van der Waals surface area contributed by atoms with Crippen LogP contribution in [0, 0.1) is 10.1 Å². The number of aromatic nitrogens is 1. The molecular formula is C9H10BrF2N3O3. The van der Waals surface area contributed by atoms with Crippen LogP contribution in [0.5, 0.6) is 0 Å². The largest absolute Gasteiger partial charge is 0.395 e. The van der Waals surface area contributed by atoms with Crippen LogP contribution in [0.4, 0.5) is 20.3 Å². The maximum Gasteiger partial charge on any atom is 0.312 e. The number of hydrogen-bond acceptors (Lipinski definition) is 5. The van der Waals surface area contributed by atoms with Gasteiger partial charge in [0.2, 0.25) is 5.82 Å². The van der Waals surface area contributed by atoms with Gasteiger partial charge in [0.1, 0.15) is 0 Å². The molecule has 1 aromatic heterocycles. The minimum Gasteiger partial charge on any atom is -0.395 e. The molecule has 0 saturated heterocycles. The predicted molar refractivity (Wildman–Crippen MR) is 63.9 cm³/mol. The summed E-state index contributed by atoms with van der Waals surface area (Å²) in [5, 5.41) is 19.6. The Morgan fingerprint density at radius 2 is 2.28 bits per heavy atom. The molecule has 6 nitrogen and oxygen atoms in total. The van der Waals surface area contributed by atoms with E-state index in [1.54, 1.807) is 0 Å². The third-order valence-corrected chi connectivity index (χ3v) is 2.47. The Hall–Kier alpha value is -1.35. The zero-order valence-electron chi connectivity index (χ0n) is 9.09. The smallest absolute Gasteiger partial charge is 0.312 e. The highest BCUT2D eigenvalue weighted by Crippen LogP contribution is 2.28. The quantitative estimate of drug-likeness (QED) is 0.637. The van der Waals surface area contributed by atoms with Gasteiger partial charge in [0.05, 0.1) is 18.1 Å². The number of halogens is 3. The molecule has 1 aromatic rings. The summed E-state index contributed by atoms with van der Waals surface area (Å²) in [6.07, 6.45) is -1.40. The molecule has 0 saturated carbocycles. The van der Waals surface area contributed by atoms with Gasteiger partial charge in [0.15, 0.2) is 0 Å². The first-order valence-electron chi connectivity index (χ1n) is 4.89. The van der Waals surface area contributed by atoms with Gasteiger partial charge < -0.3 is 10.0 Å². The summed E-state index contributed by atoms with van der Waals surface area (Å²) in [4.78, 5) is 14.9. The topological polar surface area (TPSA) is 79.5 Å². The molecule has 0 bridgehead atoms. The molecule has 1 rings (SSSR count). The lowest BCUT2D eigenvalue weighted by atomic mass is 10.3. The Labute approximate surface area is 110 Å². The van der Waals surface area contributed by atoms with Crippen molar-refractivity contribution >= 4 is 27.4 Å². The van der Waals surface area contributed by atoms with E-state index >= 15 is 0 Å². The number of pyridine rings is 1. The molecule has 1 heterocycles. The first-order valence-corrected chi connectivity index (χ1v) is 5.69. The van der Waals surface area contributed by atoms with Crippen LogP contribution in [0.2, 0.25) is 0 Å². The molecule has 0 fully saturated rings. The minimum atomic E-state index is -2.68. The summed E-state index contributed by atoms with van der Waals surface area (Å²) < 4.78 is 25.1. The molecule has 0 atom stereocenters. The van der Waals surface area contributed by atoms with E-state index in [2.05, 4.69) is 20.9 Å². The van der Waals surface area contributed by atoms with Crippen LogP contribution >= 0.6 is 15.9 Å². The SMILES string of the molecule is O=[N+]([O-])c1cc(Br)cnc1N(CCO)CC(F)F. The second kappa shape index (κ2) is 6.55. The van der Waals surface area contributed by atoms with E-state index < -0.39 is 30.2 Å².